The minimum atomic E-state index is -0.617. The summed E-state index contributed by atoms with van der Waals surface area (Å²) in [6, 6.07) is 9.98. The summed E-state index contributed by atoms with van der Waals surface area (Å²) in [5.41, 5.74) is 1.11. The van der Waals surface area contributed by atoms with Gasteiger partial charge in [0, 0.05) is 12.8 Å². The first-order chi connectivity index (χ1) is 9.57. The van der Waals surface area contributed by atoms with Gasteiger partial charge in [0.1, 0.15) is 12.2 Å². The van der Waals surface area contributed by atoms with E-state index in [9.17, 15) is 4.79 Å². The van der Waals surface area contributed by atoms with Gasteiger partial charge < -0.3 is 14.2 Å². The van der Waals surface area contributed by atoms with E-state index >= 15 is 0 Å². The maximum atomic E-state index is 11.9. The first kappa shape index (κ1) is 13.7. The number of carbonyl (C=O) groups excluding carboxylic acids is 1. The van der Waals surface area contributed by atoms with Crippen molar-refractivity contribution in [2.75, 3.05) is 0 Å². The summed E-state index contributed by atoms with van der Waals surface area (Å²) in [7, 11) is 0. The molecule has 4 nitrogen and oxygen atoms in total. The highest BCUT2D eigenvalue weighted by molar-refractivity contribution is 5.85. The normalized spacial score (nSPS) is 34.2. The van der Waals surface area contributed by atoms with Gasteiger partial charge in [-0.3, -0.25) is 4.79 Å². The number of ether oxygens (including phenoxy) is 3. The van der Waals surface area contributed by atoms with Crippen LogP contribution in [-0.4, -0.2) is 29.9 Å². The molecule has 0 spiro atoms. The molecular weight excluding hydrogens is 256 g/mol. The summed E-state index contributed by atoms with van der Waals surface area (Å²) < 4.78 is 17.5. The average molecular weight is 276 g/mol. The first-order valence-electron chi connectivity index (χ1n) is 7.11. The molecule has 2 aliphatic rings. The lowest BCUT2D eigenvalue weighted by molar-refractivity contribution is -0.188. The summed E-state index contributed by atoms with van der Waals surface area (Å²) in [5.74, 6) is -0.492. The van der Waals surface area contributed by atoms with Gasteiger partial charge in [0.05, 0.1) is 12.7 Å². The number of benzene rings is 1. The Balaban J connectivity index is 1.63. The Morgan fingerprint density at radius 2 is 2.10 bits per heavy atom. The molecule has 0 N–H and O–H groups in total. The minimum Gasteiger partial charge on any atom is -0.371 e. The summed E-state index contributed by atoms with van der Waals surface area (Å²) in [4.78, 5) is 11.9. The van der Waals surface area contributed by atoms with Crippen molar-refractivity contribution in [2.45, 2.75) is 57.4 Å². The van der Waals surface area contributed by atoms with Crippen molar-refractivity contribution in [2.24, 2.45) is 0 Å². The Morgan fingerprint density at radius 3 is 2.85 bits per heavy atom. The molecule has 0 aliphatic carbocycles. The van der Waals surface area contributed by atoms with Crippen LogP contribution in [0.1, 0.15) is 32.3 Å². The second-order valence-electron chi connectivity index (χ2n) is 5.72. The Bertz CT molecular complexity index is 487. The molecule has 0 radical (unpaired) electrons. The van der Waals surface area contributed by atoms with Gasteiger partial charge in [0.15, 0.2) is 11.6 Å². The third kappa shape index (κ3) is 2.64. The zero-order valence-electron chi connectivity index (χ0n) is 11.9. The summed E-state index contributed by atoms with van der Waals surface area (Å²) in [6.07, 6.45) is 0.204. The quantitative estimate of drug-likeness (QED) is 0.847. The fraction of sp³-hybridized carbons (Fsp3) is 0.562. The Hall–Kier alpha value is -1.23. The van der Waals surface area contributed by atoms with E-state index in [1.807, 2.05) is 44.2 Å². The number of Topliss-reactive ketones (excluding diaryl/α,β-unsaturated/α-hetero) is 1. The van der Waals surface area contributed by atoms with E-state index in [1.165, 1.54) is 0 Å². The molecule has 2 saturated heterocycles. The van der Waals surface area contributed by atoms with Crippen molar-refractivity contribution >= 4 is 5.78 Å². The SMILES string of the molecule is CC(OCc1ccccc1)C1OC2(C)CCC(=O)C1O2. The van der Waals surface area contributed by atoms with Gasteiger partial charge in [0.25, 0.3) is 0 Å². The van der Waals surface area contributed by atoms with E-state index in [0.29, 0.717) is 19.4 Å². The fourth-order valence-electron chi connectivity index (χ4n) is 2.81. The highest BCUT2D eigenvalue weighted by Gasteiger charge is 2.53. The Kier molecular flexibility index (Phi) is 3.63. The lowest BCUT2D eigenvalue weighted by Gasteiger charge is -2.26. The standard InChI is InChI=1S/C16H20O4/c1-11(18-10-12-6-4-3-5-7-12)14-15-13(17)8-9-16(2,19-14)20-15/h3-7,11,14-15H,8-10H2,1-2H3. The van der Waals surface area contributed by atoms with E-state index in [1.54, 1.807) is 0 Å². The second-order valence-corrected chi connectivity index (χ2v) is 5.72. The van der Waals surface area contributed by atoms with Gasteiger partial charge in [-0.25, -0.2) is 0 Å². The van der Waals surface area contributed by atoms with Gasteiger partial charge in [-0.15, -0.1) is 0 Å². The Morgan fingerprint density at radius 1 is 1.35 bits per heavy atom. The molecule has 1 aromatic carbocycles. The van der Waals surface area contributed by atoms with Gasteiger partial charge in [-0.05, 0) is 19.4 Å². The Labute approximate surface area is 119 Å². The van der Waals surface area contributed by atoms with Crippen LogP contribution in [0.4, 0.5) is 0 Å². The maximum Gasteiger partial charge on any atom is 0.167 e. The molecule has 1 aromatic rings. The van der Waals surface area contributed by atoms with E-state index in [0.717, 1.165) is 5.56 Å². The minimum absolute atomic E-state index is 0.125. The predicted octanol–water partition coefficient (Wildman–Crippen LogP) is 2.45. The van der Waals surface area contributed by atoms with Crippen molar-refractivity contribution in [1.29, 1.82) is 0 Å². The molecule has 2 aliphatic heterocycles. The van der Waals surface area contributed by atoms with Crippen LogP contribution in [0.5, 0.6) is 0 Å². The predicted molar refractivity (Wildman–Crippen MR) is 73.1 cm³/mol. The van der Waals surface area contributed by atoms with E-state index in [-0.39, 0.29) is 18.0 Å². The molecule has 0 saturated carbocycles. The van der Waals surface area contributed by atoms with Crippen LogP contribution in [0.2, 0.25) is 0 Å². The monoisotopic (exact) mass is 276 g/mol. The van der Waals surface area contributed by atoms with Gasteiger partial charge in [-0.1, -0.05) is 30.3 Å². The third-order valence-corrected chi connectivity index (χ3v) is 4.02. The topological polar surface area (TPSA) is 44.8 Å². The third-order valence-electron chi connectivity index (χ3n) is 4.02. The van der Waals surface area contributed by atoms with Gasteiger partial charge >= 0.3 is 0 Å². The van der Waals surface area contributed by atoms with Crippen LogP contribution >= 0.6 is 0 Å². The molecule has 4 heteroatoms. The zero-order valence-corrected chi connectivity index (χ0v) is 11.9. The van der Waals surface area contributed by atoms with Crippen LogP contribution in [-0.2, 0) is 25.6 Å². The van der Waals surface area contributed by atoms with Crippen molar-refractivity contribution < 1.29 is 19.0 Å². The highest BCUT2D eigenvalue weighted by Crippen LogP contribution is 2.39. The van der Waals surface area contributed by atoms with Crippen molar-refractivity contribution in [3.8, 4) is 0 Å². The zero-order chi connectivity index (χ0) is 14.2. The number of hydrogen-bond donors (Lipinski definition) is 0. The average Bonchev–Trinajstić information content (AvgIpc) is 2.76. The molecule has 4 atom stereocenters. The molecule has 20 heavy (non-hydrogen) atoms. The molecule has 108 valence electrons. The molecule has 3 rings (SSSR count). The van der Waals surface area contributed by atoms with Crippen molar-refractivity contribution in [3.05, 3.63) is 35.9 Å². The molecule has 2 bridgehead atoms. The van der Waals surface area contributed by atoms with Crippen LogP contribution in [0.25, 0.3) is 0 Å². The fourth-order valence-corrected chi connectivity index (χ4v) is 2.81. The molecular formula is C16H20O4. The number of rotatable bonds is 4. The van der Waals surface area contributed by atoms with Crippen LogP contribution < -0.4 is 0 Å². The number of ketones is 1. The summed E-state index contributed by atoms with van der Waals surface area (Å²) in [5, 5.41) is 0. The van der Waals surface area contributed by atoms with Gasteiger partial charge in [-0.2, -0.15) is 0 Å². The van der Waals surface area contributed by atoms with E-state index in [2.05, 4.69) is 0 Å². The maximum absolute atomic E-state index is 11.9. The lowest BCUT2D eigenvalue weighted by Crippen LogP contribution is -2.40. The first-order valence-corrected chi connectivity index (χ1v) is 7.11. The summed E-state index contributed by atoms with van der Waals surface area (Å²) >= 11 is 0. The van der Waals surface area contributed by atoms with E-state index < -0.39 is 11.9 Å². The van der Waals surface area contributed by atoms with E-state index in [4.69, 9.17) is 14.2 Å². The summed E-state index contributed by atoms with van der Waals surface area (Å²) in [6.45, 7) is 4.35. The number of hydrogen-bond acceptors (Lipinski definition) is 4. The van der Waals surface area contributed by atoms with Crippen molar-refractivity contribution in [3.63, 3.8) is 0 Å². The molecule has 4 unspecified atom stereocenters. The molecule has 2 heterocycles. The number of fused-ring (bicyclic) bond motifs is 2. The lowest BCUT2D eigenvalue weighted by atomic mass is 9.99. The largest absolute Gasteiger partial charge is 0.371 e. The van der Waals surface area contributed by atoms with Crippen LogP contribution in [0.3, 0.4) is 0 Å². The van der Waals surface area contributed by atoms with Crippen molar-refractivity contribution in [1.82, 2.24) is 0 Å². The smallest absolute Gasteiger partial charge is 0.167 e. The number of carbonyl (C=O) groups is 1. The molecule has 0 aromatic heterocycles. The van der Waals surface area contributed by atoms with Crippen LogP contribution in [0.15, 0.2) is 30.3 Å². The molecule has 0 amide bonds. The van der Waals surface area contributed by atoms with Gasteiger partial charge in [0.2, 0.25) is 0 Å². The molecule has 2 fully saturated rings. The highest BCUT2D eigenvalue weighted by atomic mass is 16.8. The van der Waals surface area contributed by atoms with Crippen LogP contribution in [0, 0.1) is 0 Å². The second kappa shape index (κ2) is 5.28.